The molecule has 34 heavy (non-hydrogen) atoms. The zero-order chi connectivity index (χ0) is 24.3. The van der Waals surface area contributed by atoms with Crippen molar-refractivity contribution in [2.24, 2.45) is 0 Å². The van der Waals surface area contributed by atoms with Gasteiger partial charge in [-0.25, -0.2) is 4.68 Å². The molecule has 2 heterocycles. The van der Waals surface area contributed by atoms with Crippen LogP contribution in [0.25, 0.3) is 5.69 Å². The average molecular weight is 472 g/mol. The number of piperazine rings is 1. The van der Waals surface area contributed by atoms with Crippen LogP contribution >= 0.6 is 0 Å². The molecule has 2 aromatic carbocycles. The Morgan fingerprint density at radius 2 is 1.68 bits per heavy atom. The fourth-order valence-electron chi connectivity index (χ4n) is 4.30. The molecular formula is C25H28F3N5O. The van der Waals surface area contributed by atoms with Gasteiger partial charge in [-0.15, -0.1) is 0 Å². The highest BCUT2D eigenvalue weighted by molar-refractivity contribution is 5.95. The van der Waals surface area contributed by atoms with Crippen molar-refractivity contribution in [3.63, 3.8) is 0 Å². The molecule has 9 heteroatoms. The van der Waals surface area contributed by atoms with Gasteiger partial charge in [0.2, 0.25) is 0 Å². The number of nitrogens with one attached hydrogen (secondary N) is 1. The van der Waals surface area contributed by atoms with Crippen LogP contribution in [0.4, 0.5) is 18.9 Å². The van der Waals surface area contributed by atoms with E-state index in [9.17, 15) is 18.0 Å². The molecule has 0 spiro atoms. The Balaban J connectivity index is 1.41. The number of hydrogen-bond acceptors (Lipinski definition) is 4. The maximum atomic E-state index is 13.9. The highest BCUT2D eigenvalue weighted by Gasteiger charge is 2.40. The van der Waals surface area contributed by atoms with Crippen LogP contribution in [0.2, 0.25) is 0 Å². The number of anilines is 1. The minimum atomic E-state index is -4.73. The van der Waals surface area contributed by atoms with E-state index in [-0.39, 0.29) is 12.6 Å². The molecule has 1 fully saturated rings. The molecule has 0 saturated carbocycles. The number of halogens is 3. The molecule has 4 rings (SSSR count). The molecule has 180 valence electrons. The van der Waals surface area contributed by atoms with Crippen LogP contribution in [0.3, 0.4) is 0 Å². The van der Waals surface area contributed by atoms with Crippen LogP contribution in [0.15, 0.2) is 60.8 Å². The Bertz CT molecular complexity index is 1120. The fourth-order valence-corrected chi connectivity index (χ4v) is 4.30. The molecule has 1 amide bonds. The van der Waals surface area contributed by atoms with Crippen LogP contribution in [0.1, 0.15) is 28.5 Å². The number of amides is 1. The van der Waals surface area contributed by atoms with Gasteiger partial charge in [-0.2, -0.15) is 18.3 Å². The molecule has 3 aromatic rings. The van der Waals surface area contributed by atoms with E-state index in [1.807, 2.05) is 25.1 Å². The van der Waals surface area contributed by atoms with Gasteiger partial charge in [-0.05, 0) is 37.6 Å². The number of alkyl halides is 3. The van der Waals surface area contributed by atoms with Crippen molar-refractivity contribution < 1.29 is 18.0 Å². The molecule has 0 aliphatic carbocycles. The standard InChI is InChI=1S/C25H28F3N5O/c1-18-8-6-7-11-22(18)33-23(25(26,27)28)21(17-30-33)24(34)29-16-19(2)31-12-14-32(15-13-31)20-9-4-3-5-10-20/h3-11,17,19H,12-16H2,1-2H3,(H,29,34). The van der Waals surface area contributed by atoms with Gasteiger partial charge in [-0.1, -0.05) is 36.4 Å². The highest BCUT2D eigenvalue weighted by atomic mass is 19.4. The van der Waals surface area contributed by atoms with Crippen molar-refractivity contribution in [1.29, 1.82) is 0 Å². The second-order valence-corrected chi connectivity index (χ2v) is 8.52. The van der Waals surface area contributed by atoms with Crippen molar-refractivity contribution in [2.75, 3.05) is 37.6 Å². The SMILES string of the molecule is Cc1ccccc1-n1ncc(C(=O)NCC(C)N2CCN(c3ccccc3)CC2)c1C(F)(F)F. The summed E-state index contributed by atoms with van der Waals surface area (Å²) in [7, 11) is 0. The van der Waals surface area contributed by atoms with Gasteiger partial charge >= 0.3 is 6.18 Å². The summed E-state index contributed by atoms with van der Waals surface area (Å²) in [6, 6.07) is 16.8. The molecule has 1 N–H and O–H groups in total. The lowest BCUT2D eigenvalue weighted by Crippen LogP contribution is -2.52. The summed E-state index contributed by atoms with van der Waals surface area (Å²) in [6.45, 7) is 7.25. The van der Waals surface area contributed by atoms with E-state index >= 15 is 0 Å². The van der Waals surface area contributed by atoms with Gasteiger partial charge in [0.1, 0.15) is 0 Å². The first kappa shape index (κ1) is 23.8. The summed E-state index contributed by atoms with van der Waals surface area (Å²) in [6.07, 6.45) is -3.74. The molecule has 1 aliphatic heterocycles. The van der Waals surface area contributed by atoms with Gasteiger partial charge in [0.05, 0.1) is 17.4 Å². The molecule has 1 aliphatic rings. The van der Waals surface area contributed by atoms with Gasteiger partial charge in [0.25, 0.3) is 5.91 Å². The monoisotopic (exact) mass is 471 g/mol. The Kier molecular flexibility index (Phi) is 6.92. The predicted molar refractivity (Wildman–Crippen MR) is 125 cm³/mol. The van der Waals surface area contributed by atoms with E-state index in [0.29, 0.717) is 11.3 Å². The lowest BCUT2D eigenvalue weighted by atomic mass is 10.1. The molecular weight excluding hydrogens is 443 g/mol. The van der Waals surface area contributed by atoms with Crippen molar-refractivity contribution in [2.45, 2.75) is 26.1 Å². The number of para-hydroxylation sites is 2. The molecule has 1 aromatic heterocycles. The number of carbonyl (C=O) groups is 1. The summed E-state index contributed by atoms with van der Waals surface area (Å²) in [5, 5.41) is 6.59. The first-order valence-corrected chi connectivity index (χ1v) is 11.3. The topological polar surface area (TPSA) is 53.4 Å². The molecule has 6 nitrogen and oxygen atoms in total. The predicted octanol–water partition coefficient (Wildman–Crippen LogP) is 4.14. The van der Waals surface area contributed by atoms with E-state index in [2.05, 4.69) is 32.3 Å². The van der Waals surface area contributed by atoms with Crippen molar-refractivity contribution in [3.05, 3.63) is 77.6 Å². The molecule has 1 unspecified atom stereocenters. The second kappa shape index (κ2) is 9.89. The Hall–Kier alpha value is -3.33. The van der Waals surface area contributed by atoms with Crippen molar-refractivity contribution in [1.82, 2.24) is 20.0 Å². The van der Waals surface area contributed by atoms with Crippen LogP contribution < -0.4 is 10.2 Å². The number of nitrogens with zero attached hydrogens (tertiary/aromatic N) is 4. The summed E-state index contributed by atoms with van der Waals surface area (Å²) in [4.78, 5) is 17.3. The minimum Gasteiger partial charge on any atom is -0.369 e. The zero-order valence-electron chi connectivity index (χ0n) is 19.2. The third-order valence-electron chi connectivity index (χ3n) is 6.24. The number of aromatic nitrogens is 2. The van der Waals surface area contributed by atoms with Crippen LogP contribution in [0, 0.1) is 6.92 Å². The van der Waals surface area contributed by atoms with Crippen molar-refractivity contribution in [3.8, 4) is 5.69 Å². The molecule has 0 radical (unpaired) electrons. The van der Waals surface area contributed by atoms with Gasteiger partial charge in [0.15, 0.2) is 5.69 Å². The maximum absolute atomic E-state index is 13.9. The van der Waals surface area contributed by atoms with Crippen LogP contribution in [-0.2, 0) is 6.18 Å². The van der Waals surface area contributed by atoms with Crippen LogP contribution in [0.5, 0.6) is 0 Å². The van der Waals surface area contributed by atoms with Gasteiger partial charge in [0, 0.05) is 44.5 Å². The quantitative estimate of drug-likeness (QED) is 0.587. The molecule has 1 atom stereocenters. The van der Waals surface area contributed by atoms with E-state index in [4.69, 9.17) is 0 Å². The minimum absolute atomic E-state index is 0.0115. The number of benzene rings is 2. The molecule has 1 saturated heterocycles. The highest BCUT2D eigenvalue weighted by Crippen LogP contribution is 2.34. The lowest BCUT2D eigenvalue weighted by molar-refractivity contribution is -0.143. The number of rotatable bonds is 6. The van der Waals surface area contributed by atoms with Crippen molar-refractivity contribution >= 4 is 11.6 Å². The van der Waals surface area contributed by atoms with Gasteiger partial charge in [-0.3, -0.25) is 9.69 Å². The first-order chi connectivity index (χ1) is 16.3. The Labute approximate surface area is 197 Å². The average Bonchev–Trinajstić information content (AvgIpc) is 3.29. The summed E-state index contributed by atoms with van der Waals surface area (Å²) < 4.78 is 42.6. The normalized spacial score (nSPS) is 15.9. The number of aryl methyl sites for hydroxylation is 1. The Morgan fingerprint density at radius 1 is 1.03 bits per heavy atom. The van der Waals surface area contributed by atoms with E-state index in [0.717, 1.165) is 37.1 Å². The van der Waals surface area contributed by atoms with Crippen LogP contribution in [-0.4, -0.2) is 59.4 Å². The summed E-state index contributed by atoms with van der Waals surface area (Å²) in [5.41, 5.74) is 0.554. The largest absolute Gasteiger partial charge is 0.434 e. The van der Waals surface area contributed by atoms with Gasteiger partial charge < -0.3 is 10.2 Å². The zero-order valence-corrected chi connectivity index (χ0v) is 19.2. The second-order valence-electron chi connectivity index (χ2n) is 8.52. The van der Waals surface area contributed by atoms with E-state index in [1.165, 1.54) is 5.69 Å². The third kappa shape index (κ3) is 5.09. The maximum Gasteiger partial charge on any atom is 0.434 e. The first-order valence-electron chi connectivity index (χ1n) is 11.3. The number of carbonyl (C=O) groups excluding carboxylic acids is 1. The number of hydrogen-bond donors (Lipinski definition) is 1. The summed E-state index contributed by atoms with van der Waals surface area (Å²) in [5.74, 6) is -0.776. The summed E-state index contributed by atoms with van der Waals surface area (Å²) >= 11 is 0. The van der Waals surface area contributed by atoms with E-state index in [1.54, 1.807) is 31.2 Å². The fraction of sp³-hybridized carbons (Fsp3) is 0.360. The Morgan fingerprint density at radius 3 is 2.32 bits per heavy atom. The lowest BCUT2D eigenvalue weighted by Gasteiger charge is -2.39. The van der Waals surface area contributed by atoms with E-state index < -0.39 is 23.3 Å². The smallest absolute Gasteiger partial charge is 0.369 e. The molecule has 0 bridgehead atoms. The third-order valence-corrected chi connectivity index (χ3v) is 6.24.